The molecule has 3 aromatic heterocycles. The number of benzene rings is 2. The summed E-state index contributed by atoms with van der Waals surface area (Å²) in [6, 6.07) is 13.8. The molecule has 5 aromatic rings. The Kier molecular flexibility index (Phi) is 3.73. The molecule has 0 saturated carbocycles. The van der Waals surface area contributed by atoms with E-state index < -0.39 is 11.9 Å². The second-order valence-corrected chi connectivity index (χ2v) is 8.70. The van der Waals surface area contributed by atoms with Gasteiger partial charge in [-0.1, -0.05) is 29.5 Å². The number of carbonyl (C=O) groups is 1. The van der Waals surface area contributed by atoms with Crippen LogP contribution in [0.5, 0.6) is 0 Å². The van der Waals surface area contributed by atoms with E-state index in [2.05, 4.69) is 12.1 Å². The van der Waals surface area contributed by atoms with E-state index in [1.54, 1.807) is 36.4 Å². The number of anilines is 1. The fraction of sp³-hybridized carbons (Fsp3) is 0.125. The molecule has 31 heavy (non-hydrogen) atoms. The molecule has 0 fully saturated rings. The largest absolute Gasteiger partial charge is 0.467 e. The molecule has 1 aliphatic rings. The summed E-state index contributed by atoms with van der Waals surface area (Å²) in [7, 11) is 0. The first-order valence-corrected chi connectivity index (χ1v) is 10.6. The van der Waals surface area contributed by atoms with Crippen LogP contribution in [-0.4, -0.2) is 10.9 Å². The van der Waals surface area contributed by atoms with Gasteiger partial charge in [-0.3, -0.25) is 14.5 Å². The summed E-state index contributed by atoms with van der Waals surface area (Å²) in [5.74, 6) is 0.131. The highest BCUT2D eigenvalue weighted by Gasteiger charge is 2.46. The normalized spacial score (nSPS) is 15.9. The Morgan fingerprint density at radius 1 is 1.06 bits per heavy atom. The SMILES string of the molecule is Cc1cc(C)c2nc(N3C(=O)c4oc5ccccc5c(=O)c4[C@@H]3c3ccco3)sc2c1. The molecule has 0 radical (unpaired) electrons. The minimum absolute atomic E-state index is 0.0391. The van der Waals surface area contributed by atoms with Gasteiger partial charge in [-0.25, -0.2) is 4.98 Å². The lowest BCUT2D eigenvalue weighted by molar-refractivity contribution is 0.0969. The number of hydrogen-bond donors (Lipinski definition) is 0. The summed E-state index contributed by atoms with van der Waals surface area (Å²) >= 11 is 1.42. The van der Waals surface area contributed by atoms with Gasteiger partial charge in [-0.15, -0.1) is 0 Å². The minimum Gasteiger partial charge on any atom is -0.467 e. The van der Waals surface area contributed by atoms with E-state index in [9.17, 15) is 9.59 Å². The van der Waals surface area contributed by atoms with Gasteiger partial charge in [0.25, 0.3) is 5.91 Å². The van der Waals surface area contributed by atoms with E-state index >= 15 is 0 Å². The van der Waals surface area contributed by atoms with Crippen molar-refractivity contribution in [1.29, 1.82) is 0 Å². The number of furan rings is 1. The highest BCUT2D eigenvalue weighted by atomic mass is 32.1. The molecule has 0 unspecified atom stereocenters. The third-order valence-corrected chi connectivity index (χ3v) is 6.62. The van der Waals surface area contributed by atoms with Crippen LogP contribution in [0.3, 0.4) is 0 Å². The number of amides is 1. The van der Waals surface area contributed by atoms with Gasteiger partial charge in [-0.05, 0) is 55.3 Å². The maximum atomic E-state index is 13.5. The van der Waals surface area contributed by atoms with Crippen molar-refractivity contribution in [2.75, 3.05) is 4.90 Å². The molecule has 2 aromatic carbocycles. The Morgan fingerprint density at radius 2 is 1.90 bits per heavy atom. The van der Waals surface area contributed by atoms with Gasteiger partial charge in [-0.2, -0.15) is 0 Å². The van der Waals surface area contributed by atoms with Gasteiger partial charge in [0.2, 0.25) is 5.76 Å². The third-order valence-electron chi connectivity index (χ3n) is 5.61. The maximum Gasteiger partial charge on any atom is 0.297 e. The number of para-hydroxylation sites is 1. The molecular formula is C24H16N2O4S. The lowest BCUT2D eigenvalue weighted by atomic mass is 10.0. The molecule has 1 aliphatic heterocycles. The van der Waals surface area contributed by atoms with Crippen LogP contribution in [-0.2, 0) is 0 Å². The lowest BCUT2D eigenvalue weighted by Gasteiger charge is -2.19. The van der Waals surface area contributed by atoms with Crippen molar-refractivity contribution in [2.24, 2.45) is 0 Å². The van der Waals surface area contributed by atoms with Crippen LogP contribution < -0.4 is 10.3 Å². The van der Waals surface area contributed by atoms with Gasteiger partial charge < -0.3 is 8.83 Å². The van der Waals surface area contributed by atoms with E-state index in [1.165, 1.54) is 22.5 Å². The van der Waals surface area contributed by atoms with Crippen molar-refractivity contribution in [3.05, 3.63) is 93.2 Å². The molecule has 152 valence electrons. The lowest BCUT2D eigenvalue weighted by Crippen LogP contribution is -2.29. The van der Waals surface area contributed by atoms with Gasteiger partial charge >= 0.3 is 0 Å². The molecule has 6 rings (SSSR count). The predicted octanol–water partition coefficient (Wildman–Crippen LogP) is 5.36. The molecule has 0 bridgehead atoms. The Morgan fingerprint density at radius 3 is 2.71 bits per heavy atom. The van der Waals surface area contributed by atoms with Crippen LogP contribution in [0.2, 0.25) is 0 Å². The number of thiazole rings is 1. The van der Waals surface area contributed by atoms with E-state index in [1.807, 2.05) is 13.8 Å². The summed E-state index contributed by atoms with van der Waals surface area (Å²) in [6.45, 7) is 4.03. The highest BCUT2D eigenvalue weighted by Crippen LogP contribution is 2.44. The standard InChI is InChI=1S/C24H16N2O4S/c1-12-10-13(2)19-17(11-12)31-24(25-19)26-20(16-8-5-9-29-16)18-21(27)14-6-3-4-7-15(14)30-22(18)23(26)28/h3-11,20H,1-2H3/t20-/m0/s1. The van der Waals surface area contributed by atoms with E-state index in [4.69, 9.17) is 13.8 Å². The average Bonchev–Trinajstić information content (AvgIpc) is 3.47. The van der Waals surface area contributed by atoms with Crippen molar-refractivity contribution in [2.45, 2.75) is 19.9 Å². The summed E-state index contributed by atoms with van der Waals surface area (Å²) in [6.07, 6.45) is 1.53. The number of nitrogens with zero attached hydrogens (tertiary/aromatic N) is 2. The smallest absolute Gasteiger partial charge is 0.297 e. The van der Waals surface area contributed by atoms with Gasteiger partial charge in [0.1, 0.15) is 17.4 Å². The zero-order chi connectivity index (χ0) is 21.3. The number of aryl methyl sites for hydroxylation is 2. The molecule has 0 aliphatic carbocycles. The first kappa shape index (κ1) is 18.1. The molecule has 0 spiro atoms. The summed E-state index contributed by atoms with van der Waals surface area (Å²) in [5.41, 5.74) is 3.44. The predicted molar refractivity (Wildman–Crippen MR) is 119 cm³/mol. The van der Waals surface area contributed by atoms with Crippen LogP contribution in [0.15, 0.2) is 68.4 Å². The Balaban J connectivity index is 1.64. The van der Waals surface area contributed by atoms with Crippen LogP contribution >= 0.6 is 11.3 Å². The van der Waals surface area contributed by atoms with Crippen LogP contribution in [0.4, 0.5) is 5.13 Å². The van der Waals surface area contributed by atoms with Crippen molar-refractivity contribution >= 4 is 43.6 Å². The van der Waals surface area contributed by atoms with Crippen molar-refractivity contribution in [3.63, 3.8) is 0 Å². The molecule has 0 N–H and O–H groups in total. The summed E-state index contributed by atoms with van der Waals surface area (Å²) in [4.78, 5) is 33.3. The third kappa shape index (κ3) is 2.53. The van der Waals surface area contributed by atoms with Gasteiger partial charge in [0.15, 0.2) is 10.6 Å². The zero-order valence-electron chi connectivity index (χ0n) is 16.7. The number of aromatic nitrogens is 1. The van der Waals surface area contributed by atoms with E-state index in [0.29, 0.717) is 21.9 Å². The van der Waals surface area contributed by atoms with Crippen molar-refractivity contribution < 1.29 is 13.6 Å². The van der Waals surface area contributed by atoms with Crippen molar-refractivity contribution in [3.8, 4) is 0 Å². The Labute approximate surface area is 180 Å². The van der Waals surface area contributed by atoms with Gasteiger partial charge in [0, 0.05) is 0 Å². The number of fused-ring (bicyclic) bond motifs is 3. The summed E-state index contributed by atoms with van der Waals surface area (Å²) in [5, 5.41) is 0.938. The second-order valence-electron chi connectivity index (χ2n) is 7.69. The number of hydrogen-bond acceptors (Lipinski definition) is 6. The quantitative estimate of drug-likeness (QED) is 0.378. The van der Waals surface area contributed by atoms with E-state index in [-0.39, 0.29) is 16.8 Å². The average molecular weight is 428 g/mol. The molecule has 4 heterocycles. The molecule has 1 atom stereocenters. The van der Waals surface area contributed by atoms with Gasteiger partial charge in [0.05, 0.1) is 27.4 Å². The first-order chi connectivity index (χ1) is 15.0. The topological polar surface area (TPSA) is 76.6 Å². The van der Waals surface area contributed by atoms with Crippen LogP contribution in [0.1, 0.15) is 39.0 Å². The number of carbonyl (C=O) groups excluding carboxylic acids is 1. The van der Waals surface area contributed by atoms with Crippen LogP contribution in [0.25, 0.3) is 21.2 Å². The highest BCUT2D eigenvalue weighted by molar-refractivity contribution is 7.22. The fourth-order valence-electron chi connectivity index (χ4n) is 4.29. The molecule has 0 saturated heterocycles. The Bertz CT molecular complexity index is 1560. The molecular weight excluding hydrogens is 412 g/mol. The molecule has 1 amide bonds. The Hall–Kier alpha value is -3.71. The minimum atomic E-state index is -0.736. The van der Waals surface area contributed by atoms with Crippen LogP contribution in [0, 0.1) is 13.8 Å². The monoisotopic (exact) mass is 428 g/mol. The van der Waals surface area contributed by atoms with Crippen molar-refractivity contribution in [1.82, 2.24) is 4.98 Å². The zero-order valence-corrected chi connectivity index (χ0v) is 17.5. The molecule has 7 heteroatoms. The fourth-order valence-corrected chi connectivity index (χ4v) is 5.46. The second kappa shape index (κ2) is 6.39. The van der Waals surface area contributed by atoms with E-state index in [0.717, 1.165) is 21.3 Å². The summed E-state index contributed by atoms with van der Waals surface area (Å²) < 4.78 is 12.6. The first-order valence-electron chi connectivity index (χ1n) is 9.83. The molecule has 6 nitrogen and oxygen atoms in total. The number of rotatable bonds is 2. The maximum absolute atomic E-state index is 13.5.